The van der Waals surface area contributed by atoms with E-state index >= 15 is 0 Å². The molecule has 3 aromatic rings. The maximum Gasteiger partial charge on any atom is 0.226 e. The van der Waals surface area contributed by atoms with Gasteiger partial charge in [0, 0.05) is 39.1 Å². The van der Waals surface area contributed by atoms with Gasteiger partial charge in [-0.25, -0.2) is 0 Å². The number of rotatable bonds is 8. The predicted octanol–water partition coefficient (Wildman–Crippen LogP) is 0.762. The molecule has 0 atom stereocenters. The molecule has 10 nitrogen and oxygen atoms in total. The lowest BCUT2D eigenvalue weighted by molar-refractivity contribution is -0.121. The molecule has 0 aliphatic rings. The Kier molecular flexibility index (Phi) is 6.46. The van der Waals surface area contributed by atoms with E-state index in [0.717, 1.165) is 5.65 Å². The number of pyridine rings is 2. The molecule has 3 rings (SSSR count). The van der Waals surface area contributed by atoms with Gasteiger partial charge in [-0.05, 0) is 24.3 Å². The first-order valence-corrected chi connectivity index (χ1v) is 9.10. The van der Waals surface area contributed by atoms with Gasteiger partial charge in [0.1, 0.15) is 5.69 Å². The van der Waals surface area contributed by atoms with Gasteiger partial charge in [-0.3, -0.25) is 23.8 Å². The van der Waals surface area contributed by atoms with Gasteiger partial charge in [-0.15, -0.1) is 10.2 Å². The summed E-state index contributed by atoms with van der Waals surface area (Å²) in [5, 5.41) is 16.1. The zero-order valence-electron chi connectivity index (χ0n) is 15.9. The smallest absolute Gasteiger partial charge is 0.226 e. The average Bonchev–Trinajstić information content (AvgIpc) is 3.12. The zero-order valence-corrected chi connectivity index (χ0v) is 15.9. The summed E-state index contributed by atoms with van der Waals surface area (Å²) in [5.41, 5.74) is 1.90. The molecule has 0 bridgehead atoms. The Bertz CT molecular complexity index is 1010. The Morgan fingerprint density at radius 2 is 1.76 bits per heavy atom. The number of nitrogens with zero attached hydrogens (tertiary/aromatic N) is 4. The summed E-state index contributed by atoms with van der Waals surface area (Å²) in [7, 11) is 0. The summed E-state index contributed by atoms with van der Waals surface area (Å²) < 4.78 is 1.83. The van der Waals surface area contributed by atoms with E-state index in [2.05, 4.69) is 31.1 Å². The molecule has 3 N–H and O–H groups in total. The van der Waals surface area contributed by atoms with Gasteiger partial charge in [0.2, 0.25) is 17.7 Å². The minimum atomic E-state index is -0.241. The minimum Gasteiger partial charge on any atom is -0.356 e. The molecular weight excluding hydrogens is 374 g/mol. The summed E-state index contributed by atoms with van der Waals surface area (Å²) in [6.07, 6.45) is 3.70. The van der Waals surface area contributed by atoms with Gasteiger partial charge < -0.3 is 16.0 Å². The summed E-state index contributed by atoms with van der Waals surface area (Å²) in [6.45, 7) is 1.87. The highest BCUT2D eigenvalue weighted by atomic mass is 16.2. The summed E-state index contributed by atoms with van der Waals surface area (Å²) in [5.74, 6) is -0.0396. The Balaban J connectivity index is 1.46. The lowest BCUT2D eigenvalue weighted by Crippen LogP contribution is -2.31. The number of amides is 3. The van der Waals surface area contributed by atoms with Crippen LogP contribution in [-0.4, -0.2) is 50.4 Å². The molecule has 3 aromatic heterocycles. The van der Waals surface area contributed by atoms with Crippen molar-refractivity contribution in [3.63, 3.8) is 0 Å². The highest BCUT2D eigenvalue weighted by Gasteiger charge is 2.10. The molecule has 0 fully saturated rings. The molecule has 0 spiro atoms. The third kappa shape index (κ3) is 5.58. The second-order valence-corrected chi connectivity index (χ2v) is 6.27. The largest absolute Gasteiger partial charge is 0.356 e. The average molecular weight is 395 g/mol. The molecule has 10 heteroatoms. The first-order chi connectivity index (χ1) is 14.0. The van der Waals surface area contributed by atoms with Gasteiger partial charge in [-0.2, -0.15) is 0 Å². The van der Waals surface area contributed by atoms with Gasteiger partial charge >= 0.3 is 0 Å². The lowest BCUT2D eigenvalue weighted by atomic mass is 10.3. The maximum atomic E-state index is 12.0. The van der Waals surface area contributed by atoms with Crippen LogP contribution in [0.25, 0.3) is 17.2 Å². The van der Waals surface area contributed by atoms with Crippen molar-refractivity contribution in [2.24, 2.45) is 0 Å². The summed E-state index contributed by atoms with van der Waals surface area (Å²) in [4.78, 5) is 38.7. The van der Waals surface area contributed by atoms with Gasteiger partial charge in [0.15, 0.2) is 11.5 Å². The normalized spacial score (nSPS) is 10.5. The molecule has 0 saturated carbocycles. The minimum absolute atomic E-state index is 0.127. The molecule has 0 unspecified atom stereocenters. The van der Waals surface area contributed by atoms with Crippen molar-refractivity contribution in [2.45, 2.75) is 19.8 Å². The monoisotopic (exact) mass is 395 g/mol. The van der Waals surface area contributed by atoms with Gasteiger partial charge in [-0.1, -0.05) is 6.07 Å². The van der Waals surface area contributed by atoms with E-state index < -0.39 is 0 Å². The standard InChI is InChI=1S/C19H21N7O3/c1-13(27)20-9-7-17(28)21-10-8-18(29)23-14-5-6-15(22-12-14)19-25-24-16-4-2-3-11-26(16)19/h2-6,11-12H,7-10H2,1H3,(H,20,27)(H,21,28)(H,23,29). The highest BCUT2D eigenvalue weighted by molar-refractivity contribution is 5.91. The second-order valence-electron chi connectivity index (χ2n) is 6.27. The van der Waals surface area contributed by atoms with E-state index in [9.17, 15) is 14.4 Å². The number of anilines is 1. The number of aromatic nitrogens is 4. The molecular formula is C19H21N7O3. The van der Waals surface area contributed by atoms with Crippen LogP contribution in [-0.2, 0) is 14.4 Å². The SMILES string of the molecule is CC(=O)NCCC(=O)NCCC(=O)Nc1ccc(-c2nnc3ccccn23)nc1. The molecule has 150 valence electrons. The fourth-order valence-electron chi connectivity index (χ4n) is 2.60. The lowest BCUT2D eigenvalue weighted by Gasteiger charge is -2.07. The van der Waals surface area contributed by atoms with Gasteiger partial charge in [0.05, 0.1) is 11.9 Å². The number of hydrogen-bond donors (Lipinski definition) is 3. The molecule has 0 aliphatic heterocycles. The van der Waals surface area contributed by atoms with Crippen molar-refractivity contribution < 1.29 is 14.4 Å². The molecule has 29 heavy (non-hydrogen) atoms. The van der Waals surface area contributed by atoms with Crippen LogP contribution in [0.15, 0.2) is 42.7 Å². The summed E-state index contributed by atoms with van der Waals surface area (Å²) >= 11 is 0. The Morgan fingerprint density at radius 3 is 2.52 bits per heavy atom. The van der Waals surface area contributed by atoms with Crippen molar-refractivity contribution >= 4 is 29.1 Å². The quantitative estimate of drug-likeness (QED) is 0.516. The van der Waals surface area contributed by atoms with Gasteiger partial charge in [0.25, 0.3) is 0 Å². The van der Waals surface area contributed by atoms with Crippen LogP contribution in [0.1, 0.15) is 19.8 Å². The fourth-order valence-corrected chi connectivity index (χ4v) is 2.60. The molecule has 0 saturated heterocycles. The molecule has 0 aromatic carbocycles. The van der Waals surface area contributed by atoms with Crippen molar-refractivity contribution in [1.29, 1.82) is 0 Å². The van der Waals surface area contributed by atoms with Crippen LogP contribution >= 0.6 is 0 Å². The van der Waals surface area contributed by atoms with E-state index in [1.807, 2.05) is 28.8 Å². The fraction of sp³-hybridized carbons (Fsp3) is 0.263. The number of carbonyl (C=O) groups is 3. The highest BCUT2D eigenvalue weighted by Crippen LogP contribution is 2.17. The first-order valence-electron chi connectivity index (χ1n) is 9.10. The molecule has 3 heterocycles. The Morgan fingerprint density at radius 1 is 0.966 bits per heavy atom. The van der Waals surface area contributed by atoms with Crippen LogP contribution in [0.2, 0.25) is 0 Å². The third-order valence-electron chi connectivity index (χ3n) is 3.99. The first kappa shape index (κ1) is 19.9. The third-order valence-corrected chi connectivity index (χ3v) is 3.99. The van der Waals surface area contributed by atoms with E-state index in [-0.39, 0.29) is 43.7 Å². The second kappa shape index (κ2) is 9.40. The van der Waals surface area contributed by atoms with Crippen LogP contribution in [0.4, 0.5) is 5.69 Å². The Hall–Kier alpha value is -3.82. The van der Waals surface area contributed by atoms with Crippen LogP contribution in [0, 0.1) is 0 Å². The maximum absolute atomic E-state index is 12.0. The summed E-state index contributed by atoms with van der Waals surface area (Å²) in [6, 6.07) is 9.10. The Labute approximate surface area is 166 Å². The molecule has 3 amide bonds. The zero-order chi connectivity index (χ0) is 20.6. The number of nitrogens with one attached hydrogen (secondary N) is 3. The van der Waals surface area contributed by atoms with Crippen LogP contribution in [0.3, 0.4) is 0 Å². The van der Waals surface area contributed by atoms with Crippen molar-refractivity contribution in [3.8, 4) is 11.5 Å². The van der Waals surface area contributed by atoms with E-state index in [1.54, 1.807) is 18.3 Å². The van der Waals surface area contributed by atoms with Crippen molar-refractivity contribution in [1.82, 2.24) is 30.2 Å². The number of fused-ring (bicyclic) bond motifs is 1. The van der Waals surface area contributed by atoms with E-state index in [4.69, 9.17) is 0 Å². The topological polar surface area (TPSA) is 130 Å². The van der Waals surface area contributed by atoms with Crippen molar-refractivity contribution in [3.05, 3.63) is 42.7 Å². The van der Waals surface area contributed by atoms with E-state index in [1.165, 1.54) is 6.92 Å². The number of carbonyl (C=O) groups excluding carboxylic acids is 3. The molecule has 0 aliphatic carbocycles. The van der Waals surface area contributed by atoms with Crippen LogP contribution in [0.5, 0.6) is 0 Å². The van der Waals surface area contributed by atoms with Crippen molar-refractivity contribution in [2.75, 3.05) is 18.4 Å². The number of hydrogen-bond acceptors (Lipinski definition) is 6. The predicted molar refractivity (Wildman–Crippen MR) is 106 cm³/mol. The molecule has 0 radical (unpaired) electrons. The van der Waals surface area contributed by atoms with Crippen LogP contribution < -0.4 is 16.0 Å². The van der Waals surface area contributed by atoms with E-state index in [0.29, 0.717) is 17.2 Å².